The zero-order valence-corrected chi connectivity index (χ0v) is 12.9. The minimum absolute atomic E-state index is 0.131. The highest BCUT2D eigenvalue weighted by Gasteiger charge is 2.33. The number of anilines is 1. The summed E-state index contributed by atoms with van der Waals surface area (Å²) in [6, 6.07) is 6.03. The number of alkyl halides is 1. The van der Waals surface area contributed by atoms with Crippen molar-refractivity contribution < 1.29 is 4.92 Å². The fraction of sp³-hybridized carbons (Fsp3) is 0.625. The van der Waals surface area contributed by atoms with E-state index in [4.69, 9.17) is 11.6 Å². The number of halogens is 1. The third-order valence-corrected chi connectivity index (χ3v) is 5.27. The molecule has 1 saturated carbocycles. The van der Waals surface area contributed by atoms with E-state index in [0.717, 1.165) is 18.2 Å². The summed E-state index contributed by atoms with van der Waals surface area (Å²) in [5.74, 6) is 0.980. The second-order valence-corrected chi connectivity index (χ2v) is 6.42. The van der Waals surface area contributed by atoms with Crippen LogP contribution in [0.4, 0.5) is 11.4 Å². The zero-order chi connectivity index (χ0) is 14.8. The molecule has 1 aliphatic carbocycles. The third kappa shape index (κ3) is 2.86. The summed E-state index contributed by atoms with van der Waals surface area (Å²) in [5, 5.41) is 11.0. The van der Waals surface area contributed by atoms with Gasteiger partial charge in [0.2, 0.25) is 0 Å². The molecule has 0 bridgehead atoms. The standard InChI is InChI=1S/C16H21ClN2O2/c17-11-13-10-14(7-8-16(13)19(20)21)18-9-3-5-12-4-1-2-6-15(12)18/h7-8,10,12,15H,1-6,9,11H2. The molecule has 0 amide bonds. The van der Waals surface area contributed by atoms with E-state index in [2.05, 4.69) is 4.90 Å². The number of nitro groups is 1. The van der Waals surface area contributed by atoms with Crippen LogP contribution < -0.4 is 4.90 Å². The highest BCUT2D eigenvalue weighted by Crippen LogP contribution is 2.38. The molecular formula is C16H21ClN2O2. The first-order chi connectivity index (χ1) is 10.2. The van der Waals surface area contributed by atoms with E-state index in [1.54, 1.807) is 6.07 Å². The number of nitrogens with zero attached hydrogens (tertiary/aromatic N) is 2. The SMILES string of the molecule is O=[N+]([O-])c1ccc(N2CCCC3CCCCC32)cc1CCl. The molecule has 1 aliphatic heterocycles. The van der Waals surface area contributed by atoms with Crippen LogP contribution in [0.5, 0.6) is 0 Å². The van der Waals surface area contributed by atoms with Gasteiger partial charge in [0, 0.05) is 29.9 Å². The smallest absolute Gasteiger partial charge is 0.273 e. The summed E-state index contributed by atoms with van der Waals surface area (Å²) < 4.78 is 0. The maximum Gasteiger partial charge on any atom is 0.273 e. The zero-order valence-electron chi connectivity index (χ0n) is 12.1. The predicted molar refractivity (Wildman–Crippen MR) is 85.0 cm³/mol. The van der Waals surface area contributed by atoms with Crippen LogP contribution in [-0.4, -0.2) is 17.5 Å². The Balaban J connectivity index is 1.90. The van der Waals surface area contributed by atoms with E-state index in [9.17, 15) is 10.1 Å². The molecule has 1 aromatic carbocycles. The first kappa shape index (κ1) is 14.6. The molecule has 1 saturated heterocycles. The van der Waals surface area contributed by atoms with Gasteiger partial charge in [0.25, 0.3) is 5.69 Å². The lowest BCUT2D eigenvalue weighted by Gasteiger charge is -2.45. The van der Waals surface area contributed by atoms with E-state index >= 15 is 0 Å². The quantitative estimate of drug-likeness (QED) is 0.469. The van der Waals surface area contributed by atoms with Crippen molar-refractivity contribution >= 4 is 23.0 Å². The minimum Gasteiger partial charge on any atom is -0.368 e. The predicted octanol–water partition coefficient (Wildman–Crippen LogP) is 4.49. The highest BCUT2D eigenvalue weighted by molar-refractivity contribution is 6.17. The van der Waals surface area contributed by atoms with Gasteiger partial charge in [-0.15, -0.1) is 11.6 Å². The highest BCUT2D eigenvalue weighted by atomic mass is 35.5. The lowest BCUT2D eigenvalue weighted by atomic mass is 9.78. The summed E-state index contributed by atoms with van der Waals surface area (Å²) in [5.41, 5.74) is 1.86. The molecule has 2 unspecified atom stereocenters. The van der Waals surface area contributed by atoms with Crippen molar-refractivity contribution in [3.8, 4) is 0 Å². The number of fused-ring (bicyclic) bond motifs is 1. The van der Waals surface area contributed by atoms with Gasteiger partial charge in [-0.25, -0.2) is 0 Å². The second-order valence-electron chi connectivity index (χ2n) is 6.15. The molecule has 0 aromatic heterocycles. The summed E-state index contributed by atoms with van der Waals surface area (Å²) in [6.07, 6.45) is 7.77. The van der Waals surface area contributed by atoms with Crippen molar-refractivity contribution in [3.63, 3.8) is 0 Å². The van der Waals surface area contributed by atoms with Crippen molar-refractivity contribution in [2.24, 2.45) is 5.92 Å². The van der Waals surface area contributed by atoms with E-state index in [1.807, 2.05) is 12.1 Å². The Labute approximate surface area is 130 Å². The molecule has 5 heteroatoms. The van der Waals surface area contributed by atoms with Gasteiger partial charge < -0.3 is 4.90 Å². The molecule has 0 spiro atoms. The number of benzene rings is 1. The Hall–Kier alpha value is -1.29. The van der Waals surface area contributed by atoms with Crippen molar-refractivity contribution in [3.05, 3.63) is 33.9 Å². The second kappa shape index (κ2) is 6.22. The van der Waals surface area contributed by atoms with E-state index < -0.39 is 0 Å². The molecule has 2 fully saturated rings. The van der Waals surface area contributed by atoms with Gasteiger partial charge in [-0.1, -0.05) is 12.8 Å². The van der Waals surface area contributed by atoms with Crippen molar-refractivity contribution in [1.82, 2.24) is 0 Å². The van der Waals surface area contributed by atoms with Gasteiger partial charge in [-0.2, -0.15) is 0 Å². The van der Waals surface area contributed by atoms with Crippen LogP contribution in [0.1, 0.15) is 44.1 Å². The topological polar surface area (TPSA) is 46.4 Å². The van der Waals surface area contributed by atoms with Crippen molar-refractivity contribution in [2.45, 2.75) is 50.4 Å². The fourth-order valence-corrected chi connectivity index (χ4v) is 4.20. The van der Waals surface area contributed by atoms with Gasteiger partial charge in [-0.3, -0.25) is 10.1 Å². The Kier molecular flexibility index (Phi) is 4.34. The Bertz CT molecular complexity index is 533. The minimum atomic E-state index is -0.346. The maximum absolute atomic E-state index is 11.0. The lowest BCUT2D eigenvalue weighted by molar-refractivity contribution is -0.385. The average molecular weight is 309 g/mol. The number of hydrogen-bond acceptors (Lipinski definition) is 3. The van der Waals surface area contributed by atoms with Gasteiger partial charge in [0.1, 0.15) is 0 Å². The van der Waals surface area contributed by atoms with Crippen LogP contribution in [0.3, 0.4) is 0 Å². The normalized spacial score (nSPS) is 25.5. The van der Waals surface area contributed by atoms with Crippen LogP contribution in [0, 0.1) is 16.0 Å². The molecule has 1 aromatic rings. The molecule has 114 valence electrons. The molecule has 2 aliphatic rings. The summed E-state index contributed by atoms with van der Waals surface area (Å²) in [6.45, 7) is 1.06. The molecule has 0 N–H and O–H groups in total. The van der Waals surface area contributed by atoms with Crippen LogP contribution in [-0.2, 0) is 5.88 Å². The molecule has 1 heterocycles. The van der Waals surface area contributed by atoms with Crippen molar-refractivity contribution in [1.29, 1.82) is 0 Å². The van der Waals surface area contributed by atoms with E-state index in [1.165, 1.54) is 38.5 Å². The largest absolute Gasteiger partial charge is 0.368 e. The molecule has 21 heavy (non-hydrogen) atoms. The van der Waals surface area contributed by atoms with Crippen molar-refractivity contribution in [2.75, 3.05) is 11.4 Å². The molecule has 0 radical (unpaired) electrons. The van der Waals surface area contributed by atoms with Crippen LogP contribution in [0.2, 0.25) is 0 Å². The number of hydrogen-bond donors (Lipinski definition) is 0. The van der Waals surface area contributed by atoms with E-state index in [0.29, 0.717) is 11.6 Å². The Morgan fingerprint density at radius 1 is 1.24 bits per heavy atom. The third-order valence-electron chi connectivity index (χ3n) is 4.98. The van der Waals surface area contributed by atoms with E-state index in [-0.39, 0.29) is 16.5 Å². The molecule has 3 rings (SSSR count). The fourth-order valence-electron chi connectivity index (χ4n) is 3.98. The molecule has 4 nitrogen and oxygen atoms in total. The first-order valence-electron chi connectivity index (χ1n) is 7.80. The Morgan fingerprint density at radius 3 is 2.76 bits per heavy atom. The van der Waals surface area contributed by atoms with Crippen LogP contribution in [0.15, 0.2) is 18.2 Å². The Morgan fingerprint density at radius 2 is 2.00 bits per heavy atom. The number of piperidine rings is 1. The van der Waals surface area contributed by atoms with Gasteiger partial charge in [0.15, 0.2) is 0 Å². The molecule has 2 atom stereocenters. The average Bonchev–Trinajstić information content (AvgIpc) is 2.53. The van der Waals surface area contributed by atoms with Gasteiger partial charge in [-0.05, 0) is 43.7 Å². The van der Waals surface area contributed by atoms with Crippen LogP contribution in [0.25, 0.3) is 0 Å². The summed E-state index contributed by atoms with van der Waals surface area (Å²) >= 11 is 5.90. The number of nitro benzene ring substituents is 1. The first-order valence-corrected chi connectivity index (χ1v) is 8.34. The van der Waals surface area contributed by atoms with Crippen LogP contribution >= 0.6 is 11.6 Å². The maximum atomic E-state index is 11.0. The molecular weight excluding hydrogens is 288 g/mol. The van der Waals surface area contributed by atoms with Gasteiger partial charge >= 0.3 is 0 Å². The summed E-state index contributed by atoms with van der Waals surface area (Å²) in [4.78, 5) is 13.1. The summed E-state index contributed by atoms with van der Waals surface area (Å²) in [7, 11) is 0. The monoisotopic (exact) mass is 308 g/mol. The number of rotatable bonds is 3. The lowest BCUT2D eigenvalue weighted by Crippen LogP contribution is -2.46. The van der Waals surface area contributed by atoms with Gasteiger partial charge in [0.05, 0.1) is 10.8 Å².